The summed E-state index contributed by atoms with van der Waals surface area (Å²) < 4.78 is 5.79. The topological polar surface area (TPSA) is 52.3 Å². The predicted octanol–water partition coefficient (Wildman–Crippen LogP) is 2.98. The minimum absolute atomic E-state index is 0.260. The highest BCUT2D eigenvalue weighted by Crippen LogP contribution is 2.26. The van der Waals surface area contributed by atoms with Crippen LogP contribution in [0.5, 0.6) is 5.75 Å². The predicted molar refractivity (Wildman–Crippen MR) is 76.0 cm³/mol. The van der Waals surface area contributed by atoms with Crippen LogP contribution in [-0.4, -0.2) is 12.5 Å². The van der Waals surface area contributed by atoms with E-state index in [4.69, 9.17) is 10.5 Å². The van der Waals surface area contributed by atoms with Gasteiger partial charge >= 0.3 is 0 Å². The Hall–Kier alpha value is -1.77. The summed E-state index contributed by atoms with van der Waals surface area (Å²) in [5.41, 5.74) is 9.17. The first kappa shape index (κ1) is 13.7. The van der Waals surface area contributed by atoms with Crippen LogP contribution in [-0.2, 0) is 11.2 Å². The molecule has 19 heavy (non-hydrogen) atoms. The minimum Gasteiger partial charge on any atom is -0.489 e. The lowest BCUT2D eigenvalue weighted by molar-refractivity contribution is -0.117. The third-order valence-electron chi connectivity index (χ3n) is 3.63. The van der Waals surface area contributed by atoms with Crippen molar-refractivity contribution in [3.05, 3.63) is 41.0 Å². The van der Waals surface area contributed by atoms with Gasteiger partial charge in [0.1, 0.15) is 12.4 Å². The van der Waals surface area contributed by atoms with Crippen molar-refractivity contribution in [3.8, 4) is 5.75 Å². The van der Waals surface area contributed by atoms with Crippen LogP contribution in [0.15, 0.2) is 35.4 Å². The zero-order chi connectivity index (χ0) is 13.7. The highest BCUT2D eigenvalue weighted by Gasteiger charge is 2.10. The summed E-state index contributed by atoms with van der Waals surface area (Å²) in [6, 6.07) is 7.91. The van der Waals surface area contributed by atoms with E-state index in [1.807, 2.05) is 24.3 Å². The second-order valence-electron chi connectivity index (χ2n) is 5.14. The number of rotatable bonds is 6. The molecule has 0 bridgehead atoms. The summed E-state index contributed by atoms with van der Waals surface area (Å²) >= 11 is 0. The fraction of sp³-hybridized carbons (Fsp3) is 0.438. The molecule has 3 heteroatoms. The monoisotopic (exact) mass is 259 g/mol. The molecule has 0 spiro atoms. The molecule has 1 aliphatic rings. The number of aryl methyl sites for hydroxylation is 1. The van der Waals surface area contributed by atoms with Crippen molar-refractivity contribution in [1.82, 2.24) is 0 Å². The molecule has 1 aromatic carbocycles. The largest absolute Gasteiger partial charge is 0.489 e. The van der Waals surface area contributed by atoms with Crippen LogP contribution in [0.25, 0.3) is 0 Å². The molecule has 0 aromatic heterocycles. The molecular weight excluding hydrogens is 238 g/mol. The number of ether oxygens (including phenoxy) is 1. The van der Waals surface area contributed by atoms with Crippen molar-refractivity contribution < 1.29 is 9.53 Å². The van der Waals surface area contributed by atoms with Gasteiger partial charge in [-0.2, -0.15) is 0 Å². The van der Waals surface area contributed by atoms with E-state index in [0.717, 1.165) is 11.3 Å². The van der Waals surface area contributed by atoms with E-state index in [2.05, 4.69) is 6.92 Å². The third kappa shape index (κ3) is 4.12. The lowest BCUT2D eigenvalue weighted by atomic mass is 10.1. The molecule has 2 N–H and O–H groups in total. The van der Waals surface area contributed by atoms with E-state index in [1.54, 1.807) is 0 Å². The summed E-state index contributed by atoms with van der Waals surface area (Å²) in [5, 5.41) is 0. The van der Waals surface area contributed by atoms with Crippen LogP contribution < -0.4 is 10.5 Å². The molecule has 102 valence electrons. The molecule has 1 amide bonds. The van der Waals surface area contributed by atoms with Crippen molar-refractivity contribution >= 4 is 5.91 Å². The van der Waals surface area contributed by atoms with E-state index < -0.39 is 0 Å². The number of hydrogen-bond acceptors (Lipinski definition) is 2. The van der Waals surface area contributed by atoms with E-state index >= 15 is 0 Å². The molecule has 0 heterocycles. The van der Waals surface area contributed by atoms with Crippen molar-refractivity contribution in [2.24, 2.45) is 5.73 Å². The van der Waals surface area contributed by atoms with Gasteiger partial charge < -0.3 is 10.5 Å². The van der Waals surface area contributed by atoms with Gasteiger partial charge in [0.2, 0.25) is 5.91 Å². The van der Waals surface area contributed by atoms with E-state index in [0.29, 0.717) is 19.4 Å². The number of primary amides is 1. The molecule has 3 nitrogen and oxygen atoms in total. The van der Waals surface area contributed by atoms with E-state index in [9.17, 15) is 4.79 Å². The SMILES string of the molecule is CC1=C(COc2ccc(CCC(N)=O)cc2)CCC1. The van der Waals surface area contributed by atoms with Gasteiger partial charge in [-0.15, -0.1) is 0 Å². The quantitative estimate of drug-likeness (QED) is 0.798. The zero-order valence-electron chi connectivity index (χ0n) is 11.4. The summed E-state index contributed by atoms with van der Waals surface area (Å²) in [6.45, 7) is 2.89. The molecule has 0 saturated heterocycles. The lowest BCUT2D eigenvalue weighted by Crippen LogP contribution is -2.11. The van der Waals surface area contributed by atoms with Crippen LogP contribution in [0.1, 0.15) is 38.2 Å². The Bertz CT molecular complexity index is 474. The minimum atomic E-state index is -0.260. The Balaban J connectivity index is 1.85. The summed E-state index contributed by atoms with van der Waals surface area (Å²) in [5.74, 6) is 0.624. The molecule has 1 aromatic rings. The van der Waals surface area contributed by atoms with E-state index in [-0.39, 0.29) is 5.91 Å². The second-order valence-corrected chi connectivity index (χ2v) is 5.14. The highest BCUT2D eigenvalue weighted by molar-refractivity contribution is 5.74. The van der Waals surface area contributed by atoms with Gasteiger partial charge in [-0.3, -0.25) is 4.79 Å². The van der Waals surface area contributed by atoms with E-state index in [1.165, 1.54) is 30.4 Å². The van der Waals surface area contributed by atoms with Crippen molar-refractivity contribution in [3.63, 3.8) is 0 Å². The lowest BCUT2D eigenvalue weighted by Gasteiger charge is -2.08. The van der Waals surface area contributed by atoms with Gasteiger partial charge in [0.15, 0.2) is 0 Å². The van der Waals surface area contributed by atoms with Gasteiger partial charge in [0.25, 0.3) is 0 Å². The first-order chi connectivity index (χ1) is 9.15. The Morgan fingerprint density at radius 3 is 2.58 bits per heavy atom. The van der Waals surface area contributed by atoms with Crippen LogP contribution in [0.2, 0.25) is 0 Å². The maximum atomic E-state index is 10.7. The Kier molecular flexibility index (Phi) is 4.61. The maximum absolute atomic E-state index is 10.7. The average Bonchev–Trinajstić information content (AvgIpc) is 2.81. The molecule has 0 unspecified atom stereocenters. The van der Waals surface area contributed by atoms with Crippen LogP contribution in [0.4, 0.5) is 0 Å². The molecule has 0 fully saturated rings. The van der Waals surface area contributed by atoms with Gasteiger partial charge in [-0.25, -0.2) is 0 Å². The van der Waals surface area contributed by atoms with Crippen LogP contribution in [0, 0.1) is 0 Å². The van der Waals surface area contributed by atoms with Gasteiger partial charge in [-0.05, 0) is 55.9 Å². The highest BCUT2D eigenvalue weighted by atomic mass is 16.5. The molecule has 1 aliphatic carbocycles. The number of carbonyl (C=O) groups is 1. The molecule has 0 atom stereocenters. The number of carbonyl (C=O) groups excluding carboxylic acids is 1. The zero-order valence-corrected chi connectivity index (χ0v) is 11.4. The second kappa shape index (κ2) is 6.41. The fourth-order valence-electron chi connectivity index (χ4n) is 2.34. The normalized spacial score (nSPS) is 14.8. The Labute approximate surface area is 114 Å². The van der Waals surface area contributed by atoms with Gasteiger partial charge in [-0.1, -0.05) is 17.7 Å². The number of benzene rings is 1. The summed E-state index contributed by atoms with van der Waals surface area (Å²) in [4.78, 5) is 10.7. The van der Waals surface area contributed by atoms with Gasteiger partial charge in [0.05, 0.1) is 0 Å². The number of allylic oxidation sites excluding steroid dienone is 1. The Morgan fingerprint density at radius 2 is 2.00 bits per heavy atom. The average molecular weight is 259 g/mol. The summed E-state index contributed by atoms with van der Waals surface area (Å²) in [7, 11) is 0. The number of nitrogens with two attached hydrogens (primary N) is 1. The number of hydrogen-bond donors (Lipinski definition) is 1. The molecule has 0 aliphatic heterocycles. The van der Waals surface area contributed by atoms with Crippen LogP contribution >= 0.6 is 0 Å². The molecule has 0 radical (unpaired) electrons. The first-order valence-electron chi connectivity index (χ1n) is 6.82. The van der Waals surface area contributed by atoms with Crippen molar-refractivity contribution in [1.29, 1.82) is 0 Å². The fourth-order valence-corrected chi connectivity index (χ4v) is 2.34. The maximum Gasteiger partial charge on any atom is 0.217 e. The van der Waals surface area contributed by atoms with Gasteiger partial charge in [0, 0.05) is 6.42 Å². The standard InChI is InChI=1S/C16H21NO2/c1-12-3-2-4-14(12)11-19-15-8-5-13(6-9-15)7-10-16(17)18/h5-6,8-9H,2-4,7,10-11H2,1H3,(H2,17,18). The van der Waals surface area contributed by atoms with Crippen molar-refractivity contribution in [2.45, 2.75) is 39.0 Å². The first-order valence-corrected chi connectivity index (χ1v) is 6.82. The number of amides is 1. The smallest absolute Gasteiger partial charge is 0.217 e. The summed E-state index contributed by atoms with van der Waals surface area (Å²) in [6.07, 6.45) is 4.73. The third-order valence-corrected chi connectivity index (χ3v) is 3.63. The van der Waals surface area contributed by atoms with Crippen molar-refractivity contribution in [2.75, 3.05) is 6.61 Å². The molecular formula is C16H21NO2. The molecule has 0 saturated carbocycles. The van der Waals surface area contributed by atoms with Crippen LogP contribution in [0.3, 0.4) is 0 Å². The molecule has 2 rings (SSSR count). The Morgan fingerprint density at radius 1 is 1.26 bits per heavy atom.